The molecule has 5 nitrogen and oxygen atoms in total. The zero-order valence-corrected chi connectivity index (χ0v) is 17.5. The molecule has 3 aliphatic heterocycles. The lowest BCUT2D eigenvalue weighted by atomic mass is 9.83. The molecule has 2 saturated heterocycles. The molecule has 1 unspecified atom stereocenters. The summed E-state index contributed by atoms with van der Waals surface area (Å²) < 4.78 is 6.42. The van der Waals surface area contributed by atoms with E-state index >= 15 is 0 Å². The number of hydrogen-bond donors (Lipinski definition) is 0. The normalized spacial score (nSPS) is 22.7. The second-order valence-electron chi connectivity index (χ2n) is 8.96. The van der Waals surface area contributed by atoms with Gasteiger partial charge in [0.05, 0.1) is 5.92 Å². The van der Waals surface area contributed by atoms with Crippen LogP contribution in [0.5, 0.6) is 5.75 Å². The first-order valence-electron chi connectivity index (χ1n) is 11.0. The number of fused-ring (bicyclic) bond motifs is 1. The van der Waals surface area contributed by atoms with Crippen LogP contribution in [-0.4, -0.2) is 41.9 Å². The maximum absolute atomic E-state index is 13.2. The minimum absolute atomic E-state index is 0.0397. The Kier molecular flexibility index (Phi) is 4.76. The Balaban J connectivity index is 1.21. The minimum Gasteiger partial charge on any atom is -0.487 e. The van der Waals surface area contributed by atoms with Gasteiger partial charge in [0.25, 0.3) is 0 Å². The summed E-state index contributed by atoms with van der Waals surface area (Å²) in [6, 6.07) is 16.2. The van der Waals surface area contributed by atoms with E-state index < -0.39 is 0 Å². The van der Waals surface area contributed by atoms with Gasteiger partial charge in [0.15, 0.2) is 0 Å². The van der Waals surface area contributed by atoms with Crippen LogP contribution in [0, 0.1) is 12.8 Å². The number of nitrogens with zero attached hydrogens (tertiary/aromatic N) is 2. The van der Waals surface area contributed by atoms with E-state index in [1.807, 2.05) is 42.2 Å². The van der Waals surface area contributed by atoms with Gasteiger partial charge in [-0.3, -0.25) is 9.59 Å². The standard InChI is InChI=1S/C25H28N2O3/c1-18-6-8-21(9-7-18)27-17-20(16-23(27)28)24(29)26-14-12-25(13-15-26)11-10-19-4-2-3-5-22(19)30-25/h2-9,20H,10-17H2,1H3. The first-order chi connectivity index (χ1) is 14.5. The Hall–Kier alpha value is -2.82. The molecule has 3 aliphatic rings. The molecule has 2 aromatic carbocycles. The number of carbonyl (C=O) groups excluding carboxylic acids is 2. The largest absolute Gasteiger partial charge is 0.487 e. The van der Waals surface area contributed by atoms with Crippen LogP contribution >= 0.6 is 0 Å². The van der Waals surface area contributed by atoms with E-state index in [2.05, 4.69) is 18.2 Å². The summed E-state index contributed by atoms with van der Waals surface area (Å²) in [4.78, 5) is 29.4. The van der Waals surface area contributed by atoms with Gasteiger partial charge in [-0.2, -0.15) is 0 Å². The molecule has 0 N–H and O–H groups in total. The van der Waals surface area contributed by atoms with Gasteiger partial charge in [0.2, 0.25) is 11.8 Å². The molecule has 2 aromatic rings. The van der Waals surface area contributed by atoms with Crippen molar-refractivity contribution >= 4 is 17.5 Å². The highest BCUT2D eigenvalue weighted by Crippen LogP contribution is 2.39. The third kappa shape index (κ3) is 3.47. The molecule has 0 saturated carbocycles. The van der Waals surface area contributed by atoms with E-state index in [9.17, 15) is 9.59 Å². The monoisotopic (exact) mass is 404 g/mol. The molecule has 0 aromatic heterocycles. The van der Waals surface area contributed by atoms with Crippen molar-refractivity contribution in [1.29, 1.82) is 0 Å². The van der Waals surface area contributed by atoms with Gasteiger partial charge in [-0.05, 0) is 43.5 Å². The Labute approximate surface area is 177 Å². The van der Waals surface area contributed by atoms with Gasteiger partial charge in [0.1, 0.15) is 11.4 Å². The zero-order valence-electron chi connectivity index (χ0n) is 17.5. The van der Waals surface area contributed by atoms with Crippen LogP contribution in [0.25, 0.3) is 0 Å². The van der Waals surface area contributed by atoms with Crippen molar-refractivity contribution in [2.45, 2.75) is 44.6 Å². The second-order valence-corrected chi connectivity index (χ2v) is 8.96. The van der Waals surface area contributed by atoms with E-state index in [-0.39, 0.29) is 23.3 Å². The van der Waals surface area contributed by atoms with E-state index in [0.29, 0.717) is 26.1 Å². The highest BCUT2D eigenvalue weighted by Gasteiger charge is 2.43. The summed E-state index contributed by atoms with van der Waals surface area (Å²) in [5, 5.41) is 0. The lowest BCUT2D eigenvalue weighted by molar-refractivity contribution is -0.139. The summed E-state index contributed by atoms with van der Waals surface area (Å²) >= 11 is 0. The predicted molar refractivity (Wildman–Crippen MR) is 116 cm³/mol. The van der Waals surface area contributed by atoms with Crippen molar-refractivity contribution in [2.75, 3.05) is 24.5 Å². The number of rotatable bonds is 2. The lowest BCUT2D eigenvalue weighted by Gasteiger charge is -2.45. The number of amides is 2. The van der Waals surface area contributed by atoms with Crippen molar-refractivity contribution in [3.8, 4) is 5.75 Å². The van der Waals surface area contributed by atoms with Crippen LogP contribution in [0.1, 0.15) is 36.8 Å². The van der Waals surface area contributed by atoms with E-state index in [4.69, 9.17) is 4.74 Å². The number of hydrogen-bond acceptors (Lipinski definition) is 3. The van der Waals surface area contributed by atoms with Crippen molar-refractivity contribution in [3.05, 3.63) is 59.7 Å². The maximum Gasteiger partial charge on any atom is 0.228 e. The van der Waals surface area contributed by atoms with Gasteiger partial charge in [-0.1, -0.05) is 35.9 Å². The van der Waals surface area contributed by atoms with Gasteiger partial charge in [-0.25, -0.2) is 0 Å². The van der Waals surface area contributed by atoms with Gasteiger partial charge < -0.3 is 14.5 Å². The van der Waals surface area contributed by atoms with Crippen LogP contribution in [0.4, 0.5) is 5.69 Å². The molecule has 2 fully saturated rings. The highest BCUT2D eigenvalue weighted by atomic mass is 16.5. The predicted octanol–water partition coefficient (Wildman–Crippen LogP) is 3.73. The fourth-order valence-electron chi connectivity index (χ4n) is 5.05. The molecule has 156 valence electrons. The van der Waals surface area contributed by atoms with Crippen molar-refractivity contribution in [1.82, 2.24) is 4.90 Å². The molecule has 30 heavy (non-hydrogen) atoms. The Bertz CT molecular complexity index is 961. The Morgan fingerprint density at radius 1 is 1.03 bits per heavy atom. The molecule has 1 spiro atoms. The summed E-state index contributed by atoms with van der Waals surface area (Å²) in [5.41, 5.74) is 3.17. The van der Waals surface area contributed by atoms with Crippen molar-refractivity contribution in [3.63, 3.8) is 0 Å². The number of aryl methyl sites for hydroxylation is 2. The summed E-state index contributed by atoms with van der Waals surface area (Å²) in [6.45, 7) is 3.92. The fourth-order valence-corrected chi connectivity index (χ4v) is 5.05. The van der Waals surface area contributed by atoms with Crippen molar-refractivity contribution in [2.24, 2.45) is 5.92 Å². The first-order valence-corrected chi connectivity index (χ1v) is 11.0. The number of anilines is 1. The molecular formula is C25H28N2O3. The molecular weight excluding hydrogens is 376 g/mol. The minimum atomic E-state index is -0.249. The highest BCUT2D eigenvalue weighted by molar-refractivity contribution is 6.00. The van der Waals surface area contributed by atoms with E-state index in [1.54, 1.807) is 4.90 Å². The number of likely N-dealkylation sites (tertiary alicyclic amines) is 1. The smallest absolute Gasteiger partial charge is 0.228 e. The van der Waals surface area contributed by atoms with E-state index in [1.165, 1.54) is 5.56 Å². The molecule has 1 atom stereocenters. The van der Waals surface area contributed by atoms with Gasteiger partial charge in [-0.15, -0.1) is 0 Å². The maximum atomic E-state index is 13.2. The van der Waals surface area contributed by atoms with E-state index in [0.717, 1.165) is 42.7 Å². The number of carbonyl (C=O) groups is 2. The van der Waals surface area contributed by atoms with Crippen LogP contribution in [0.15, 0.2) is 48.5 Å². The lowest BCUT2D eigenvalue weighted by Crippen LogP contribution is -2.52. The SMILES string of the molecule is Cc1ccc(N2CC(C(=O)N3CCC4(CCc5ccccc5O4)CC3)CC2=O)cc1. The molecule has 5 heteroatoms. The van der Waals surface area contributed by atoms with Crippen LogP contribution in [0.3, 0.4) is 0 Å². The van der Waals surface area contributed by atoms with Gasteiger partial charge in [0, 0.05) is 44.6 Å². The zero-order chi connectivity index (χ0) is 20.7. The summed E-state index contributed by atoms with van der Waals surface area (Å²) in [5.74, 6) is 0.904. The molecule has 0 radical (unpaired) electrons. The topological polar surface area (TPSA) is 49.9 Å². The quantitative estimate of drug-likeness (QED) is 0.766. The molecule has 5 rings (SSSR count). The second kappa shape index (κ2) is 7.46. The number of para-hydroxylation sites is 1. The molecule has 2 amide bonds. The van der Waals surface area contributed by atoms with Crippen LogP contribution < -0.4 is 9.64 Å². The van der Waals surface area contributed by atoms with Gasteiger partial charge >= 0.3 is 0 Å². The average Bonchev–Trinajstić information content (AvgIpc) is 3.16. The summed E-state index contributed by atoms with van der Waals surface area (Å²) in [6.07, 6.45) is 4.06. The molecule has 0 aliphatic carbocycles. The first kappa shape index (κ1) is 19.2. The van der Waals surface area contributed by atoms with Crippen LogP contribution in [-0.2, 0) is 16.0 Å². The van der Waals surface area contributed by atoms with Crippen LogP contribution in [0.2, 0.25) is 0 Å². The fraction of sp³-hybridized carbons (Fsp3) is 0.440. The number of piperidine rings is 1. The Morgan fingerprint density at radius 3 is 2.53 bits per heavy atom. The summed E-state index contributed by atoms with van der Waals surface area (Å²) in [7, 11) is 0. The third-order valence-corrected chi connectivity index (χ3v) is 6.96. The molecule has 0 bridgehead atoms. The van der Waals surface area contributed by atoms with Crippen molar-refractivity contribution < 1.29 is 14.3 Å². The Morgan fingerprint density at radius 2 is 1.77 bits per heavy atom. The number of ether oxygens (including phenoxy) is 1. The molecule has 3 heterocycles. The number of benzene rings is 2. The average molecular weight is 405 g/mol. The third-order valence-electron chi connectivity index (χ3n) is 6.96.